The lowest BCUT2D eigenvalue weighted by molar-refractivity contribution is -0.161. The molecule has 4 rings (SSSR count). The second-order valence-corrected chi connectivity index (χ2v) is 12.9. The fraction of sp³-hybridized carbons (Fsp3) is 0.593. The number of hydrogen-bond acceptors (Lipinski definition) is 5. The Bertz CT molecular complexity index is 1090. The van der Waals surface area contributed by atoms with Gasteiger partial charge in [0.1, 0.15) is 5.75 Å². The van der Waals surface area contributed by atoms with Gasteiger partial charge in [0.05, 0.1) is 35.5 Å². The van der Waals surface area contributed by atoms with Crippen molar-refractivity contribution in [2.75, 3.05) is 26.8 Å². The zero-order valence-electron chi connectivity index (χ0n) is 21.6. The second-order valence-electron chi connectivity index (χ2n) is 10.9. The van der Waals surface area contributed by atoms with Gasteiger partial charge in [0, 0.05) is 18.7 Å². The molecule has 192 valence electrons. The number of piperidine rings is 1. The van der Waals surface area contributed by atoms with Gasteiger partial charge in [-0.25, -0.2) is 8.93 Å². The van der Waals surface area contributed by atoms with E-state index in [4.69, 9.17) is 14.2 Å². The number of ether oxygens (including phenoxy) is 3. The van der Waals surface area contributed by atoms with Crippen LogP contribution in [0.2, 0.25) is 0 Å². The molecule has 2 aromatic rings. The molecule has 0 saturated carbocycles. The SMILES string of the molecule is COc1cc2ccccc2cc1[C@H](NS(=O)C(C)(C)C)C1CCN(C(=O)[C@H]2COC(C)(C)O2)CC1. The number of rotatable bonds is 6. The van der Waals surface area contributed by atoms with E-state index in [1.807, 2.05) is 51.7 Å². The van der Waals surface area contributed by atoms with E-state index in [9.17, 15) is 9.00 Å². The average molecular weight is 503 g/mol. The van der Waals surface area contributed by atoms with Crippen molar-refractivity contribution in [1.29, 1.82) is 0 Å². The number of fused-ring (bicyclic) bond motifs is 1. The molecule has 0 aliphatic carbocycles. The molecule has 7 nitrogen and oxygen atoms in total. The topological polar surface area (TPSA) is 77.1 Å². The largest absolute Gasteiger partial charge is 0.496 e. The number of carbonyl (C=O) groups is 1. The summed E-state index contributed by atoms with van der Waals surface area (Å²) >= 11 is 0. The predicted molar refractivity (Wildman–Crippen MR) is 138 cm³/mol. The van der Waals surface area contributed by atoms with Crippen LogP contribution >= 0.6 is 0 Å². The number of likely N-dealkylation sites (tertiary alicyclic amines) is 1. The van der Waals surface area contributed by atoms with E-state index in [0.29, 0.717) is 13.1 Å². The Labute approximate surface area is 211 Å². The Morgan fingerprint density at radius 2 is 1.80 bits per heavy atom. The number of benzene rings is 2. The van der Waals surface area contributed by atoms with Crippen molar-refractivity contribution in [3.05, 3.63) is 42.0 Å². The maximum atomic E-state index is 13.2. The standard InChI is InChI=1S/C27H38N2O5S/c1-26(2,3)35(31)28-24(21-15-19-9-7-8-10-20(19)16-22(21)32-6)18-11-13-29(14-12-18)25(30)23-17-33-27(4,5)34-23/h7-10,15-16,18,23-24,28H,11-14,17H2,1-6H3/t23-,24-,35?/m1/s1. The van der Waals surface area contributed by atoms with Crippen LogP contribution in [0.25, 0.3) is 10.8 Å². The molecule has 0 spiro atoms. The monoisotopic (exact) mass is 502 g/mol. The summed E-state index contributed by atoms with van der Waals surface area (Å²) in [5.41, 5.74) is 1.00. The average Bonchev–Trinajstić information content (AvgIpc) is 3.20. The molecule has 1 N–H and O–H groups in total. The number of nitrogens with zero attached hydrogens (tertiary/aromatic N) is 1. The molecule has 2 saturated heterocycles. The van der Waals surface area contributed by atoms with Crippen molar-refractivity contribution in [3.63, 3.8) is 0 Å². The quantitative estimate of drug-likeness (QED) is 0.636. The van der Waals surface area contributed by atoms with Crippen molar-refractivity contribution >= 4 is 27.7 Å². The first-order valence-electron chi connectivity index (χ1n) is 12.3. The lowest BCUT2D eigenvalue weighted by Gasteiger charge is -2.38. The lowest BCUT2D eigenvalue weighted by atomic mass is 9.84. The highest BCUT2D eigenvalue weighted by Gasteiger charge is 2.41. The van der Waals surface area contributed by atoms with Crippen LogP contribution in [0.1, 0.15) is 59.1 Å². The highest BCUT2D eigenvalue weighted by molar-refractivity contribution is 7.84. The van der Waals surface area contributed by atoms with E-state index in [2.05, 4.69) is 29.0 Å². The maximum Gasteiger partial charge on any atom is 0.254 e. The molecule has 1 unspecified atom stereocenters. The normalized spacial score (nSPS) is 22.8. The van der Waals surface area contributed by atoms with Crippen LogP contribution in [-0.2, 0) is 25.3 Å². The molecule has 2 aliphatic heterocycles. The highest BCUT2D eigenvalue weighted by atomic mass is 32.2. The van der Waals surface area contributed by atoms with Gasteiger partial charge in [-0.15, -0.1) is 0 Å². The molecule has 3 atom stereocenters. The molecule has 2 aromatic carbocycles. The Morgan fingerprint density at radius 3 is 2.34 bits per heavy atom. The summed E-state index contributed by atoms with van der Waals surface area (Å²) in [6, 6.07) is 12.2. The van der Waals surface area contributed by atoms with Gasteiger partial charge in [-0.1, -0.05) is 24.3 Å². The van der Waals surface area contributed by atoms with E-state index in [1.165, 1.54) is 0 Å². The molecule has 8 heteroatoms. The van der Waals surface area contributed by atoms with Gasteiger partial charge in [-0.3, -0.25) is 4.79 Å². The number of amides is 1. The van der Waals surface area contributed by atoms with E-state index in [1.54, 1.807) is 7.11 Å². The fourth-order valence-corrected chi connectivity index (χ4v) is 5.73. The van der Waals surface area contributed by atoms with E-state index in [0.717, 1.165) is 34.9 Å². The first-order chi connectivity index (χ1) is 16.5. The molecule has 1 amide bonds. The summed E-state index contributed by atoms with van der Waals surface area (Å²) in [4.78, 5) is 14.9. The van der Waals surface area contributed by atoms with Crippen LogP contribution in [0.3, 0.4) is 0 Å². The number of carbonyl (C=O) groups excluding carboxylic acids is 1. The molecule has 2 fully saturated rings. The Balaban J connectivity index is 1.57. The number of methoxy groups -OCH3 is 1. The van der Waals surface area contributed by atoms with Crippen molar-refractivity contribution in [1.82, 2.24) is 9.62 Å². The van der Waals surface area contributed by atoms with Gasteiger partial charge in [-0.05, 0) is 76.3 Å². The Kier molecular flexibility index (Phi) is 7.57. The molecule has 2 heterocycles. The minimum absolute atomic E-state index is 0.0138. The Hall–Kier alpha value is -2.00. The molecule has 35 heavy (non-hydrogen) atoms. The van der Waals surface area contributed by atoms with Gasteiger partial charge in [0.15, 0.2) is 11.9 Å². The summed E-state index contributed by atoms with van der Waals surface area (Å²) in [5, 5.41) is 2.22. The maximum absolute atomic E-state index is 13.2. The zero-order valence-corrected chi connectivity index (χ0v) is 22.4. The van der Waals surface area contributed by atoms with Gasteiger partial charge >= 0.3 is 0 Å². The lowest BCUT2D eigenvalue weighted by Crippen LogP contribution is -2.47. The van der Waals surface area contributed by atoms with Crippen molar-refractivity contribution in [2.45, 2.75) is 70.1 Å². The van der Waals surface area contributed by atoms with Crippen LogP contribution in [0.5, 0.6) is 5.75 Å². The molecule has 0 radical (unpaired) electrons. The van der Waals surface area contributed by atoms with Gasteiger partial charge < -0.3 is 19.1 Å². The Morgan fingerprint density at radius 1 is 1.17 bits per heavy atom. The summed E-state index contributed by atoms with van der Waals surface area (Å²) < 4.78 is 33.4. The van der Waals surface area contributed by atoms with Crippen LogP contribution in [0, 0.1) is 5.92 Å². The molecule has 0 bridgehead atoms. The van der Waals surface area contributed by atoms with E-state index in [-0.39, 0.29) is 24.5 Å². The van der Waals surface area contributed by atoms with Crippen LogP contribution in [0.4, 0.5) is 0 Å². The molecular formula is C27H38N2O5S. The summed E-state index contributed by atoms with van der Waals surface area (Å²) in [6.45, 7) is 11.1. The van der Waals surface area contributed by atoms with Crippen molar-refractivity contribution < 1.29 is 23.2 Å². The first-order valence-corrected chi connectivity index (χ1v) is 13.5. The second kappa shape index (κ2) is 10.2. The van der Waals surface area contributed by atoms with Crippen LogP contribution in [-0.4, -0.2) is 58.5 Å². The summed E-state index contributed by atoms with van der Waals surface area (Å²) in [7, 11) is 0.414. The summed E-state index contributed by atoms with van der Waals surface area (Å²) in [5.74, 6) is 0.235. The molecule has 2 aliphatic rings. The van der Waals surface area contributed by atoms with Crippen molar-refractivity contribution in [3.8, 4) is 5.75 Å². The zero-order chi connectivity index (χ0) is 25.4. The fourth-order valence-electron chi connectivity index (χ4n) is 4.83. The van der Waals surface area contributed by atoms with Crippen LogP contribution < -0.4 is 9.46 Å². The van der Waals surface area contributed by atoms with Gasteiger partial charge in [0.25, 0.3) is 5.91 Å². The smallest absolute Gasteiger partial charge is 0.254 e. The minimum atomic E-state index is -1.26. The highest BCUT2D eigenvalue weighted by Crippen LogP contribution is 2.39. The van der Waals surface area contributed by atoms with E-state index >= 15 is 0 Å². The predicted octanol–water partition coefficient (Wildman–Crippen LogP) is 4.33. The van der Waals surface area contributed by atoms with E-state index < -0.39 is 27.6 Å². The molecule has 0 aromatic heterocycles. The first kappa shape index (κ1) is 26.1. The van der Waals surface area contributed by atoms with Crippen LogP contribution in [0.15, 0.2) is 36.4 Å². The summed E-state index contributed by atoms with van der Waals surface area (Å²) in [6.07, 6.45) is 1.03. The number of nitrogens with one attached hydrogen (secondary N) is 1. The third kappa shape index (κ3) is 5.88. The minimum Gasteiger partial charge on any atom is -0.496 e. The van der Waals surface area contributed by atoms with Gasteiger partial charge in [-0.2, -0.15) is 0 Å². The van der Waals surface area contributed by atoms with Gasteiger partial charge in [0.2, 0.25) is 0 Å². The molecular weight excluding hydrogens is 464 g/mol. The third-order valence-electron chi connectivity index (χ3n) is 6.83. The number of hydrogen-bond donors (Lipinski definition) is 1. The van der Waals surface area contributed by atoms with Crippen molar-refractivity contribution in [2.24, 2.45) is 5.92 Å². The third-order valence-corrected chi connectivity index (χ3v) is 8.41.